The van der Waals surface area contributed by atoms with E-state index >= 15 is 0 Å². The van der Waals surface area contributed by atoms with Gasteiger partial charge in [-0.1, -0.05) is 6.07 Å². The van der Waals surface area contributed by atoms with Crippen molar-refractivity contribution in [2.75, 3.05) is 18.0 Å². The van der Waals surface area contributed by atoms with E-state index in [2.05, 4.69) is 38.4 Å². The van der Waals surface area contributed by atoms with Crippen molar-refractivity contribution in [3.05, 3.63) is 41.5 Å². The van der Waals surface area contributed by atoms with Gasteiger partial charge in [-0.25, -0.2) is 4.98 Å². The standard InChI is InChI=1S/C17H19N3OS/c1-12-11-22-17(19-12)20-9-6-13(7-10-20)21-16-4-2-3-15-14(16)5-8-18-15/h2-5,8,11,13,18H,6-7,9-10H2,1H3. The van der Waals surface area contributed by atoms with Gasteiger partial charge in [-0.2, -0.15) is 0 Å². The maximum Gasteiger partial charge on any atom is 0.185 e. The molecule has 3 heterocycles. The van der Waals surface area contributed by atoms with E-state index in [4.69, 9.17) is 4.74 Å². The third kappa shape index (κ3) is 2.57. The van der Waals surface area contributed by atoms with E-state index in [0.29, 0.717) is 0 Å². The second-order valence-corrected chi connectivity index (χ2v) is 6.61. The van der Waals surface area contributed by atoms with Crippen LogP contribution in [0.25, 0.3) is 10.9 Å². The lowest BCUT2D eigenvalue weighted by Crippen LogP contribution is -2.38. The van der Waals surface area contributed by atoms with Crippen molar-refractivity contribution in [3.8, 4) is 5.75 Å². The molecule has 0 spiro atoms. The van der Waals surface area contributed by atoms with Gasteiger partial charge in [0.2, 0.25) is 0 Å². The van der Waals surface area contributed by atoms with E-state index in [9.17, 15) is 0 Å². The summed E-state index contributed by atoms with van der Waals surface area (Å²) in [5.74, 6) is 0.988. The number of ether oxygens (including phenoxy) is 1. The van der Waals surface area contributed by atoms with Crippen molar-refractivity contribution in [2.45, 2.75) is 25.9 Å². The molecule has 3 aromatic rings. The SMILES string of the molecule is Cc1csc(N2CCC(Oc3cccc4[nH]ccc34)CC2)n1. The predicted molar refractivity (Wildman–Crippen MR) is 91.0 cm³/mol. The van der Waals surface area contributed by atoms with Gasteiger partial charge in [0.15, 0.2) is 5.13 Å². The Morgan fingerprint density at radius 1 is 1.27 bits per heavy atom. The molecule has 0 unspecified atom stereocenters. The Morgan fingerprint density at radius 3 is 2.91 bits per heavy atom. The van der Waals surface area contributed by atoms with Crippen molar-refractivity contribution >= 4 is 27.4 Å². The van der Waals surface area contributed by atoms with E-state index in [1.165, 1.54) is 5.39 Å². The van der Waals surface area contributed by atoms with Crippen LogP contribution in [0.1, 0.15) is 18.5 Å². The Morgan fingerprint density at radius 2 is 2.14 bits per heavy atom. The number of rotatable bonds is 3. The third-order valence-electron chi connectivity index (χ3n) is 4.17. The first kappa shape index (κ1) is 13.6. The molecule has 0 aliphatic carbocycles. The summed E-state index contributed by atoms with van der Waals surface area (Å²) in [4.78, 5) is 10.2. The average molecular weight is 313 g/mol. The number of fused-ring (bicyclic) bond motifs is 1. The highest BCUT2D eigenvalue weighted by Gasteiger charge is 2.22. The number of aromatic nitrogens is 2. The number of hydrogen-bond donors (Lipinski definition) is 1. The summed E-state index contributed by atoms with van der Waals surface area (Å²) in [6.45, 7) is 4.08. The Balaban J connectivity index is 1.43. The molecule has 0 saturated carbocycles. The number of aryl methyl sites for hydroxylation is 1. The molecule has 114 valence electrons. The molecule has 22 heavy (non-hydrogen) atoms. The van der Waals surface area contributed by atoms with Crippen molar-refractivity contribution in [2.24, 2.45) is 0 Å². The second kappa shape index (κ2) is 5.65. The van der Waals surface area contributed by atoms with Gasteiger partial charge in [0.05, 0.1) is 5.69 Å². The molecule has 1 aliphatic rings. The van der Waals surface area contributed by atoms with Gasteiger partial charge in [0, 0.05) is 48.4 Å². The fourth-order valence-electron chi connectivity index (χ4n) is 2.99. The molecule has 2 aromatic heterocycles. The van der Waals surface area contributed by atoms with Gasteiger partial charge in [-0.3, -0.25) is 0 Å². The molecular weight excluding hydrogens is 294 g/mol. The Hall–Kier alpha value is -2.01. The zero-order chi connectivity index (χ0) is 14.9. The van der Waals surface area contributed by atoms with Crippen molar-refractivity contribution in [1.82, 2.24) is 9.97 Å². The molecular formula is C17H19N3OS. The fraction of sp³-hybridized carbons (Fsp3) is 0.353. The van der Waals surface area contributed by atoms with E-state index in [1.807, 2.05) is 19.2 Å². The van der Waals surface area contributed by atoms with Crippen molar-refractivity contribution < 1.29 is 4.74 Å². The lowest BCUT2D eigenvalue weighted by molar-refractivity contribution is 0.173. The van der Waals surface area contributed by atoms with Gasteiger partial charge < -0.3 is 14.6 Å². The number of hydrogen-bond acceptors (Lipinski definition) is 4. The third-order valence-corrected chi connectivity index (χ3v) is 5.19. The molecule has 0 radical (unpaired) electrons. The van der Waals surface area contributed by atoms with Gasteiger partial charge in [-0.15, -0.1) is 11.3 Å². The highest BCUT2D eigenvalue weighted by atomic mass is 32.1. The number of thiazole rings is 1. The summed E-state index contributed by atoms with van der Waals surface area (Å²) >= 11 is 1.73. The molecule has 1 fully saturated rings. The molecule has 1 aromatic carbocycles. The zero-order valence-corrected chi connectivity index (χ0v) is 13.4. The Kier molecular flexibility index (Phi) is 3.50. The largest absolute Gasteiger partial charge is 0.490 e. The van der Waals surface area contributed by atoms with Crippen LogP contribution in [0, 0.1) is 6.92 Å². The van der Waals surface area contributed by atoms with Gasteiger partial charge in [0.1, 0.15) is 11.9 Å². The van der Waals surface area contributed by atoms with Crippen molar-refractivity contribution in [1.29, 1.82) is 0 Å². The zero-order valence-electron chi connectivity index (χ0n) is 12.6. The first-order chi connectivity index (χ1) is 10.8. The molecule has 1 aliphatic heterocycles. The van der Waals surface area contributed by atoms with Gasteiger partial charge in [-0.05, 0) is 25.1 Å². The van der Waals surface area contributed by atoms with Crippen molar-refractivity contribution in [3.63, 3.8) is 0 Å². The van der Waals surface area contributed by atoms with Crippen LogP contribution in [0.15, 0.2) is 35.8 Å². The van der Waals surface area contributed by atoms with E-state index in [1.54, 1.807) is 11.3 Å². The van der Waals surface area contributed by atoms with Crippen LogP contribution in [0.4, 0.5) is 5.13 Å². The number of nitrogens with one attached hydrogen (secondary N) is 1. The smallest absolute Gasteiger partial charge is 0.185 e. The summed E-state index contributed by atoms with van der Waals surface area (Å²) in [6, 6.07) is 8.27. The van der Waals surface area contributed by atoms with E-state index in [0.717, 1.165) is 48.0 Å². The minimum absolute atomic E-state index is 0.290. The maximum absolute atomic E-state index is 6.25. The summed E-state index contributed by atoms with van der Waals surface area (Å²) in [7, 11) is 0. The number of H-pyrrole nitrogens is 1. The van der Waals surface area contributed by atoms with Crippen LogP contribution in [0.2, 0.25) is 0 Å². The summed E-state index contributed by atoms with van der Waals surface area (Å²) in [5, 5.41) is 4.43. The van der Waals surface area contributed by atoms with Crippen LogP contribution in [0.5, 0.6) is 5.75 Å². The monoisotopic (exact) mass is 313 g/mol. The van der Waals surface area contributed by atoms with Crippen LogP contribution >= 0.6 is 11.3 Å². The number of anilines is 1. The normalized spacial score (nSPS) is 16.3. The minimum Gasteiger partial charge on any atom is -0.490 e. The molecule has 1 saturated heterocycles. The van der Waals surface area contributed by atoms with Gasteiger partial charge in [0.25, 0.3) is 0 Å². The predicted octanol–water partition coefficient (Wildman–Crippen LogP) is 3.98. The molecule has 1 N–H and O–H groups in total. The lowest BCUT2D eigenvalue weighted by atomic mass is 10.1. The second-order valence-electron chi connectivity index (χ2n) is 5.77. The molecule has 4 nitrogen and oxygen atoms in total. The highest BCUT2D eigenvalue weighted by Crippen LogP contribution is 2.29. The van der Waals surface area contributed by atoms with E-state index in [-0.39, 0.29) is 6.10 Å². The molecule has 0 atom stereocenters. The topological polar surface area (TPSA) is 41.1 Å². The first-order valence-electron chi connectivity index (χ1n) is 7.69. The quantitative estimate of drug-likeness (QED) is 0.795. The fourth-order valence-corrected chi connectivity index (χ4v) is 3.85. The first-order valence-corrected chi connectivity index (χ1v) is 8.57. The molecule has 5 heteroatoms. The minimum atomic E-state index is 0.290. The van der Waals surface area contributed by atoms with Gasteiger partial charge >= 0.3 is 0 Å². The number of aromatic amines is 1. The van der Waals surface area contributed by atoms with Crippen LogP contribution < -0.4 is 9.64 Å². The summed E-state index contributed by atoms with van der Waals surface area (Å²) in [5.41, 5.74) is 2.24. The van der Waals surface area contributed by atoms with E-state index < -0.39 is 0 Å². The number of nitrogens with zero attached hydrogens (tertiary/aromatic N) is 2. The summed E-state index contributed by atoms with van der Waals surface area (Å²) < 4.78 is 6.25. The molecule has 0 amide bonds. The Bertz CT molecular complexity index is 771. The van der Waals surface area contributed by atoms with Crippen LogP contribution in [-0.4, -0.2) is 29.2 Å². The maximum atomic E-state index is 6.25. The van der Waals surface area contributed by atoms with Crippen LogP contribution in [0.3, 0.4) is 0 Å². The highest BCUT2D eigenvalue weighted by molar-refractivity contribution is 7.13. The molecule has 4 rings (SSSR count). The Labute approximate surface area is 133 Å². The number of benzene rings is 1. The lowest BCUT2D eigenvalue weighted by Gasteiger charge is -2.32. The average Bonchev–Trinajstić information content (AvgIpc) is 3.17. The van der Waals surface area contributed by atoms with Crippen LogP contribution in [-0.2, 0) is 0 Å². The summed E-state index contributed by atoms with van der Waals surface area (Å²) in [6.07, 6.45) is 4.34. The number of piperidine rings is 1. The molecule has 0 bridgehead atoms.